The van der Waals surface area contributed by atoms with Crippen LogP contribution in [-0.2, 0) is 11.6 Å². The third-order valence-corrected chi connectivity index (χ3v) is 6.46. The predicted molar refractivity (Wildman–Crippen MR) is 156 cm³/mol. The first-order valence-electron chi connectivity index (χ1n) is 12.1. The van der Waals surface area contributed by atoms with Crippen molar-refractivity contribution in [2.24, 2.45) is 11.6 Å². The molecule has 3 aromatic rings. The molecule has 0 radical (unpaired) electrons. The van der Waals surface area contributed by atoms with E-state index in [1.54, 1.807) is 25.1 Å². The second-order valence-electron chi connectivity index (χ2n) is 10.0. The average molecular weight is 575 g/mol. The lowest BCUT2D eigenvalue weighted by Gasteiger charge is -2.24. The summed E-state index contributed by atoms with van der Waals surface area (Å²) in [6, 6.07) is 10.9. The van der Waals surface area contributed by atoms with E-state index >= 15 is 0 Å². The molecule has 0 atom stereocenters. The van der Waals surface area contributed by atoms with Crippen LogP contribution in [0.25, 0.3) is 5.70 Å². The minimum Gasteiger partial charge on any atom is -0.492 e. The van der Waals surface area contributed by atoms with Crippen molar-refractivity contribution in [1.82, 2.24) is 4.98 Å². The standard InChI is InChI=1S/C28H33F3N6O2S/c1-16-7-8-17(11-23(16)37(33)15-20(32)18-9-10-24(34-14-18)28(29,30)31)26(38)35-21-12-19(27(2,3)4)13-22(36-40-6)25(21)39-5/h7-15,36H,32-33H2,1-6H3,(H,35,38)/b20-15-. The summed E-state index contributed by atoms with van der Waals surface area (Å²) in [6.45, 7) is 8.03. The lowest BCUT2D eigenvalue weighted by Crippen LogP contribution is -2.27. The van der Waals surface area contributed by atoms with Crippen LogP contribution in [0.15, 0.2) is 54.9 Å². The van der Waals surface area contributed by atoms with Gasteiger partial charge in [0.2, 0.25) is 0 Å². The summed E-state index contributed by atoms with van der Waals surface area (Å²) in [5.74, 6) is 6.34. The van der Waals surface area contributed by atoms with E-state index in [0.29, 0.717) is 22.7 Å². The minimum atomic E-state index is -4.56. The average Bonchev–Trinajstić information content (AvgIpc) is 2.88. The number of methoxy groups -OCH3 is 1. The van der Waals surface area contributed by atoms with E-state index in [2.05, 4.69) is 35.8 Å². The second-order valence-corrected chi connectivity index (χ2v) is 10.7. The molecule has 2 aromatic carbocycles. The molecule has 12 heteroatoms. The lowest BCUT2D eigenvalue weighted by atomic mass is 9.86. The smallest absolute Gasteiger partial charge is 0.433 e. The van der Waals surface area contributed by atoms with Gasteiger partial charge in [-0.3, -0.25) is 14.8 Å². The van der Waals surface area contributed by atoms with Gasteiger partial charge in [-0.1, -0.05) is 38.8 Å². The number of benzene rings is 2. The number of pyridine rings is 1. The Kier molecular flexibility index (Phi) is 9.26. The first kappa shape index (κ1) is 30.6. The van der Waals surface area contributed by atoms with Crippen LogP contribution in [-0.4, -0.2) is 24.3 Å². The molecule has 0 aliphatic rings. The van der Waals surface area contributed by atoms with E-state index in [1.165, 1.54) is 36.3 Å². The second kappa shape index (κ2) is 12.1. The summed E-state index contributed by atoms with van der Waals surface area (Å²) in [4.78, 5) is 16.8. The van der Waals surface area contributed by atoms with Gasteiger partial charge in [-0.15, -0.1) is 0 Å². The van der Waals surface area contributed by atoms with E-state index in [-0.39, 0.29) is 16.7 Å². The fourth-order valence-corrected chi connectivity index (χ4v) is 4.18. The Morgan fingerprint density at radius 3 is 2.27 bits per heavy atom. The number of ether oxygens (including phenoxy) is 1. The number of nitrogens with two attached hydrogens (primary N) is 2. The number of hydrogen-bond acceptors (Lipinski definition) is 8. The number of carbonyl (C=O) groups excluding carboxylic acids is 1. The highest BCUT2D eigenvalue weighted by Gasteiger charge is 2.32. The SMILES string of the molecule is COc1c(NSC)cc(C(C)(C)C)cc1NC(=O)c1ccc(C)c(N(N)/C=C(\N)c2ccc(C(F)(F)F)nc2)c1. The summed E-state index contributed by atoms with van der Waals surface area (Å²) < 4.78 is 47.3. The van der Waals surface area contributed by atoms with E-state index in [4.69, 9.17) is 16.3 Å². The Hall–Kier alpha value is -3.90. The first-order chi connectivity index (χ1) is 18.6. The predicted octanol–water partition coefficient (Wildman–Crippen LogP) is 6.29. The Balaban J connectivity index is 1.91. The number of amides is 1. The third-order valence-electron chi connectivity index (χ3n) is 6.03. The highest BCUT2D eigenvalue weighted by Crippen LogP contribution is 2.40. The van der Waals surface area contributed by atoms with Crippen LogP contribution in [0.2, 0.25) is 0 Å². The van der Waals surface area contributed by atoms with Gasteiger partial charge in [0.05, 0.1) is 29.9 Å². The number of aryl methyl sites for hydroxylation is 1. The molecule has 3 rings (SSSR count). The molecule has 0 unspecified atom stereocenters. The van der Waals surface area contributed by atoms with Gasteiger partial charge in [0.1, 0.15) is 5.69 Å². The van der Waals surface area contributed by atoms with Crippen molar-refractivity contribution in [3.8, 4) is 5.75 Å². The van der Waals surface area contributed by atoms with Crippen molar-refractivity contribution in [3.63, 3.8) is 0 Å². The summed E-state index contributed by atoms with van der Waals surface area (Å²) >= 11 is 1.41. The summed E-state index contributed by atoms with van der Waals surface area (Å²) in [6.07, 6.45) is -0.285. The zero-order chi connectivity index (χ0) is 29.8. The fourth-order valence-electron chi connectivity index (χ4n) is 3.81. The molecule has 6 N–H and O–H groups in total. The van der Waals surface area contributed by atoms with Crippen molar-refractivity contribution < 1.29 is 22.7 Å². The molecule has 40 heavy (non-hydrogen) atoms. The van der Waals surface area contributed by atoms with Gasteiger partial charge in [-0.05, 0) is 59.9 Å². The number of carbonyl (C=O) groups is 1. The molecule has 0 saturated heterocycles. The maximum absolute atomic E-state index is 13.4. The Labute approximate surface area is 236 Å². The molecular formula is C28H33F3N6O2S. The van der Waals surface area contributed by atoms with Crippen LogP contribution >= 0.6 is 11.9 Å². The summed E-state index contributed by atoms with van der Waals surface area (Å²) in [5, 5.41) is 4.15. The number of alkyl halides is 3. The summed E-state index contributed by atoms with van der Waals surface area (Å²) in [7, 11) is 1.53. The van der Waals surface area contributed by atoms with Gasteiger partial charge < -0.3 is 20.5 Å². The number of aromatic nitrogens is 1. The van der Waals surface area contributed by atoms with Crippen LogP contribution in [0, 0.1) is 6.92 Å². The van der Waals surface area contributed by atoms with Crippen molar-refractivity contribution in [1.29, 1.82) is 0 Å². The number of anilines is 3. The number of nitrogens with zero attached hydrogens (tertiary/aromatic N) is 2. The quantitative estimate of drug-likeness (QED) is 0.141. The lowest BCUT2D eigenvalue weighted by molar-refractivity contribution is -0.141. The number of hydrogen-bond donors (Lipinski definition) is 4. The number of rotatable bonds is 8. The largest absolute Gasteiger partial charge is 0.492 e. The first-order valence-corrected chi connectivity index (χ1v) is 13.4. The van der Waals surface area contributed by atoms with Crippen LogP contribution in [0.3, 0.4) is 0 Å². The van der Waals surface area contributed by atoms with Crippen molar-refractivity contribution in [3.05, 3.63) is 82.8 Å². The van der Waals surface area contributed by atoms with E-state index < -0.39 is 17.8 Å². The molecular weight excluding hydrogens is 541 g/mol. The van der Waals surface area contributed by atoms with E-state index in [0.717, 1.165) is 29.1 Å². The van der Waals surface area contributed by atoms with Crippen LogP contribution in [0.4, 0.5) is 30.2 Å². The molecule has 1 heterocycles. The molecule has 0 bridgehead atoms. The van der Waals surface area contributed by atoms with Crippen molar-refractivity contribution in [2.45, 2.75) is 39.3 Å². The maximum Gasteiger partial charge on any atom is 0.433 e. The normalized spacial score (nSPS) is 12.2. The molecule has 1 aromatic heterocycles. The van der Waals surface area contributed by atoms with E-state index in [9.17, 15) is 18.0 Å². The fraction of sp³-hybridized carbons (Fsp3) is 0.286. The van der Waals surface area contributed by atoms with Crippen LogP contribution in [0.1, 0.15) is 53.5 Å². The molecule has 0 aliphatic carbocycles. The Bertz CT molecular complexity index is 1400. The monoisotopic (exact) mass is 574 g/mol. The minimum absolute atomic E-state index is 0.0931. The van der Waals surface area contributed by atoms with E-state index in [1.807, 2.05) is 18.4 Å². The molecule has 0 spiro atoms. The topological polar surface area (TPSA) is 119 Å². The summed E-state index contributed by atoms with van der Waals surface area (Å²) in [5.41, 5.74) is 8.98. The van der Waals surface area contributed by atoms with Crippen LogP contribution in [0.5, 0.6) is 5.75 Å². The molecule has 0 aliphatic heterocycles. The van der Waals surface area contributed by atoms with Gasteiger partial charge in [0.25, 0.3) is 5.91 Å². The van der Waals surface area contributed by atoms with Crippen molar-refractivity contribution in [2.75, 3.05) is 28.4 Å². The Morgan fingerprint density at radius 1 is 1.07 bits per heavy atom. The van der Waals surface area contributed by atoms with Gasteiger partial charge in [0.15, 0.2) is 5.75 Å². The van der Waals surface area contributed by atoms with Crippen molar-refractivity contribution >= 4 is 40.6 Å². The maximum atomic E-state index is 13.4. The molecule has 0 fully saturated rings. The van der Waals surface area contributed by atoms with Gasteiger partial charge in [0, 0.05) is 29.8 Å². The molecule has 1 amide bonds. The molecule has 8 nitrogen and oxygen atoms in total. The van der Waals surface area contributed by atoms with Gasteiger partial charge in [-0.2, -0.15) is 13.2 Å². The zero-order valence-corrected chi connectivity index (χ0v) is 23.9. The number of hydrazine groups is 1. The molecule has 0 saturated carbocycles. The van der Waals surface area contributed by atoms with Gasteiger partial charge in [-0.25, -0.2) is 5.84 Å². The highest BCUT2D eigenvalue weighted by atomic mass is 32.2. The molecule has 214 valence electrons. The number of nitrogens with one attached hydrogen (secondary N) is 2. The number of halogens is 3. The van der Waals surface area contributed by atoms with Crippen LogP contribution < -0.4 is 31.4 Å². The zero-order valence-electron chi connectivity index (χ0n) is 23.1. The highest BCUT2D eigenvalue weighted by molar-refractivity contribution is 7.99. The van der Waals surface area contributed by atoms with Gasteiger partial charge >= 0.3 is 6.18 Å². The Morgan fingerprint density at radius 2 is 1.73 bits per heavy atom. The third kappa shape index (κ3) is 7.19.